The normalized spacial score (nSPS) is 10.5. The van der Waals surface area contributed by atoms with E-state index in [1.54, 1.807) is 31.2 Å². The van der Waals surface area contributed by atoms with Gasteiger partial charge in [0, 0.05) is 10.6 Å². The van der Waals surface area contributed by atoms with Gasteiger partial charge in [-0.1, -0.05) is 47.1 Å². The van der Waals surface area contributed by atoms with Crippen molar-refractivity contribution in [3.05, 3.63) is 70.9 Å². The Morgan fingerprint density at radius 1 is 1.09 bits per heavy atom. The number of hydrogen-bond donors (Lipinski definition) is 0. The summed E-state index contributed by atoms with van der Waals surface area (Å²) < 4.78 is 10.5. The number of carbonyl (C=O) groups excluding carboxylic acids is 1. The first-order chi connectivity index (χ1) is 10.6. The average Bonchev–Trinajstić information content (AvgIpc) is 2.92. The summed E-state index contributed by atoms with van der Waals surface area (Å²) >= 11 is 5.81. The molecule has 0 aliphatic carbocycles. The van der Waals surface area contributed by atoms with Gasteiger partial charge in [-0.25, -0.2) is 4.79 Å². The predicted octanol–water partition coefficient (Wildman–Crippen LogP) is 4.52. The lowest BCUT2D eigenvalue weighted by atomic mass is 10.1. The van der Waals surface area contributed by atoms with Crippen LogP contribution < -0.4 is 4.74 Å². The van der Waals surface area contributed by atoms with E-state index in [4.69, 9.17) is 20.9 Å². The fraction of sp³-hybridized carbons (Fsp3) is 0.0588. The lowest BCUT2D eigenvalue weighted by Gasteiger charge is -2.05. The molecule has 22 heavy (non-hydrogen) atoms. The van der Waals surface area contributed by atoms with Gasteiger partial charge in [-0.15, -0.1) is 0 Å². The molecule has 4 nitrogen and oxygen atoms in total. The first-order valence-corrected chi connectivity index (χ1v) is 7.02. The molecule has 5 heteroatoms. The van der Waals surface area contributed by atoms with Crippen LogP contribution in [0.15, 0.2) is 59.1 Å². The summed E-state index contributed by atoms with van der Waals surface area (Å²) in [5.74, 6) is 0.312. The molecule has 0 atom stereocenters. The van der Waals surface area contributed by atoms with Crippen LogP contribution >= 0.6 is 11.6 Å². The third kappa shape index (κ3) is 2.87. The van der Waals surface area contributed by atoms with Gasteiger partial charge in [0.05, 0.1) is 0 Å². The Labute approximate surface area is 132 Å². The predicted molar refractivity (Wildman–Crippen MR) is 83.1 cm³/mol. The van der Waals surface area contributed by atoms with Crippen LogP contribution in [-0.4, -0.2) is 11.1 Å². The number of hydrogen-bond acceptors (Lipinski definition) is 4. The Morgan fingerprint density at radius 2 is 1.77 bits per heavy atom. The number of nitrogens with zero attached hydrogens (tertiary/aromatic N) is 1. The molecule has 0 saturated heterocycles. The summed E-state index contributed by atoms with van der Waals surface area (Å²) in [6.45, 7) is 1.68. The van der Waals surface area contributed by atoms with Crippen LogP contribution in [0.1, 0.15) is 16.1 Å². The van der Waals surface area contributed by atoms with E-state index in [9.17, 15) is 4.79 Å². The highest BCUT2D eigenvalue weighted by Crippen LogP contribution is 2.26. The van der Waals surface area contributed by atoms with Crippen molar-refractivity contribution in [3.8, 4) is 17.0 Å². The minimum Gasteiger partial charge on any atom is -0.423 e. The fourth-order valence-electron chi connectivity index (χ4n) is 2.07. The number of carbonyl (C=O) groups is 1. The van der Waals surface area contributed by atoms with E-state index in [2.05, 4.69) is 5.16 Å². The molecule has 0 aliphatic rings. The zero-order valence-electron chi connectivity index (χ0n) is 11.7. The van der Waals surface area contributed by atoms with Gasteiger partial charge in [0.25, 0.3) is 0 Å². The average molecular weight is 314 g/mol. The summed E-state index contributed by atoms with van der Waals surface area (Å²) in [6, 6.07) is 15.9. The Hall–Kier alpha value is -2.59. The van der Waals surface area contributed by atoms with E-state index in [0.717, 1.165) is 5.56 Å². The van der Waals surface area contributed by atoms with E-state index in [-0.39, 0.29) is 0 Å². The summed E-state index contributed by atoms with van der Waals surface area (Å²) in [5.41, 5.74) is 1.58. The molecule has 3 rings (SSSR count). The Balaban J connectivity index is 1.93. The van der Waals surface area contributed by atoms with Crippen LogP contribution in [0.25, 0.3) is 11.3 Å². The maximum absolute atomic E-state index is 12.4. The third-order valence-corrected chi connectivity index (χ3v) is 3.39. The monoisotopic (exact) mass is 313 g/mol. The first kappa shape index (κ1) is 14.4. The lowest BCUT2D eigenvalue weighted by molar-refractivity contribution is 0.0733. The highest BCUT2D eigenvalue weighted by Gasteiger charge is 2.23. The largest absolute Gasteiger partial charge is 0.423 e. The molecule has 2 aromatic carbocycles. The molecule has 0 fully saturated rings. The van der Waals surface area contributed by atoms with Crippen molar-refractivity contribution < 1.29 is 14.1 Å². The molecule has 0 aliphatic heterocycles. The van der Waals surface area contributed by atoms with E-state index in [1.807, 2.05) is 30.3 Å². The van der Waals surface area contributed by atoms with Gasteiger partial charge in [-0.2, -0.15) is 0 Å². The smallest absolute Gasteiger partial charge is 0.349 e. The Kier molecular flexibility index (Phi) is 3.94. The van der Waals surface area contributed by atoms with Crippen LogP contribution in [0.2, 0.25) is 5.02 Å². The lowest BCUT2D eigenvalue weighted by Crippen LogP contribution is -2.10. The van der Waals surface area contributed by atoms with E-state index < -0.39 is 5.97 Å². The molecule has 0 bridgehead atoms. The van der Waals surface area contributed by atoms with Gasteiger partial charge in [-0.3, -0.25) is 0 Å². The highest BCUT2D eigenvalue weighted by molar-refractivity contribution is 6.30. The van der Waals surface area contributed by atoms with Crippen LogP contribution in [0, 0.1) is 6.92 Å². The van der Waals surface area contributed by atoms with Gasteiger partial charge in [0.2, 0.25) is 0 Å². The number of aryl methyl sites for hydroxylation is 1. The number of rotatable bonds is 3. The number of ether oxygens (including phenoxy) is 1. The van der Waals surface area contributed by atoms with Crippen molar-refractivity contribution in [1.29, 1.82) is 0 Å². The van der Waals surface area contributed by atoms with Gasteiger partial charge < -0.3 is 9.26 Å². The van der Waals surface area contributed by atoms with Crippen LogP contribution in [0.5, 0.6) is 5.75 Å². The molecule has 1 heterocycles. The fourth-order valence-corrected chi connectivity index (χ4v) is 2.19. The Bertz CT molecular complexity index is 795. The van der Waals surface area contributed by atoms with Gasteiger partial charge in [-0.05, 0) is 31.2 Å². The quantitative estimate of drug-likeness (QED) is 0.527. The number of aromatic nitrogens is 1. The molecule has 0 unspecified atom stereocenters. The molecular formula is C17H12ClNO3. The molecule has 110 valence electrons. The summed E-state index contributed by atoms with van der Waals surface area (Å²) in [5, 5.41) is 4.54. The van der Waals surface area contributed by atoms with Crippen LogP contribution in [0.3, 0.4) is 0 Å². The van der Waals surface area contributed by atoms with Crippen LogP contribution in [0.4, 0.5) is 0 Å². The van der Waals surface area contributed by atoms with Crippen molar-refractivity contribution in [2.45, 2.75) is 6.92 Å². The minimum absolute atomic E-state index is 0.321. The topological polar surface area (TPSA) is 52.3 Å². The number of benzene rings is 2. The van der Waals surface area contributed by atoms with Crippen molar-refractivity contribution in [2.24, 2.45) is 0 Å². The molecule has 0 spiro atoms. The zero-order chi connectivity index (χ0) is 15.5. The molecule has 0 amide bonds. The SMILES string of the molecule is Cc1onc(-c2ccccc2)c1C(=O)Oc1ccc(Cl)cc1. The second-order valence-electron chi connectivity index (χ2n) is 4.67. The first-order valence-electron chi connectivity index (χ1n) is 6.64. The highest BCUT2D eigenvalue weighted by atomic mass is 35.5. The second-order valence-corrected chi connectivity index (χ2v) is 5.11. The molecule has 1 aromatic heterocycles. The van der Waals surface area contributed by atoms with Crippen molar-refractivity contribution in [3.63, 3.8) is 0 Å². The van der Waals surface area contributed by atoms with Crippen molar-refractivity contribution in [1.82, 2.24) is 5.16 Å². The third-order valence-electron chi connectivity index (χ3n) is 3.14. The Morgan fingerprint density at radius 3 is 2.45 bits per heavy atom. The molecular weight excluding hydrogens is 302 g/mol. The molecule has 0 N–H and O–H groups in total. The molecule has 3 aromatic rings. The van der Waals surface area contributed by atoms with E-state index in [0.29, 0.717) is 27.8 Å². The summed E-state index contributed by atoms with van der Waals surface area (Å²) in [4.78, 5) is 12.4. The second kappa shape index (κ2) is 6.03. The summed E-state index contributed by atoms with van der Waals surface area (Å²) in [6.07, 6.45) is 0. The van der Waals surface area contributed by atoms with Crippen molar-refractivity contribution in [2.75, 3.05) is 0 Å². The molecule has 0 saturated carbocycles. The molecule has 0 radical (unpaired) electrons. The minimum atomic E-state index is -0.514. The standard InChI is InChI=1S/C17H12ClNO3/c1-11-15(16(19-22-11)12-5-3-2-4-6-12)17(20)21-14-9-7-13(18)8-10-14/h2-10H,1H3. The van der Waals surface area contributed by atoms with Gasteiger partial charge in [0.15, 0.2) is 0 Å². The van der Waals surface area contributed by atoms with Gasteiger partial charge in [0.1, 0.15) is 22.8 Å². The number of esters is 1. The van der Waals surface area contributed by atoms with Gasteiger partial charge >= 0.3 is 5.97 Å². The van der Waals surface area contributed by atoms with E-state index in [1.165, 1.54) is 0 Å². The summed E-state index contributed by atoms with van der Waals surface area (Å²) in [7, 11) is 0. The van der Waals surface area contributed by atoms with Crippen LogP contribution in [-0.2, 0) is 0 Å². The number of halogens is 1. The van der Waals surface area contributed by atoms with Crippen molar-refractivity contribution >= 4 is 17.6 Å². The van der Waals surface area contributed by atoms with E-state index >= 15 is 0 Å². The maximum Gasteiger partial charge on any atom is 0.349 e. The zero-order valence-corrected chi connectivity index (χ0v) is 12.5. The maximum atomic E-state index is 12.4.